The van der Waals surface area contributed by atoms with E-state index in [1.165, 1.54) is 4.68 Å². The molecule has 17 heavy (non-hydrogen) atoms. The Labute approximate surface area is 99.9 Å². The topological polar surface area (TPSA) is 82.2 Å². The van der Waals surface area contributed by atoms with Crippen molar-refractivity contribution in [2.75, 3.05) is 19.7 Å². The predicted octanol–water partition coefficient (Wildman–Crippen LogP) is 1.02. The van der Waals surface area contributed by atoms with Crippen LogP contribution in [0.15, 0.2) is 0 Å². The number of aromatic nitrogens is 2. The summed E-state index contributed by atoms with van der Waals surface area (Å²) < 4.78 is 6.79. The van der Waals surface area contributed by atoms with Crippen molar-refractivity contribution in [2.24, 2.45) is 7.05 Å². The van der Waals surface area contributed by atoms with Gasteiger partial charge in [-0.25, -0.2) is 4.68 Å². The first kappa shape index (κ1) is 13.4. The summed E-state index contributed by atoms with van der Waals surface area (Å²) in [5.74, 6) is 0.214. The maximum atomic E-state index is 10.8. The third-order valence-electron chi connectivity index (χ3n) is 2.27. The van der Waals surface area contributed by atoms with Crippen molar-refractivity contribution in [1.82, 2.24) is 15.1 Å². The lowest BCUT2D eigenvalue weighted by molar-refractivity contribution is -0.386. The van der Waals surface area contributed by atoms with Gasteiger partial charge < -0.3 is 10.1 Å². The molecule has 7 heteroatoms. The Morgan fingerprint density at radius 2 is 2.24 bits per heavy atom. The molecule has 1 aromatic heterocycles. The normalized spacial score (nSPS) is 10.5. The Balaban J connectivity index is 2.61. The van der Waals surface area contributed by atoms with Gasteiger partial charge in [0, 0.05) is 13.6 Å². The summed E-state index contributed by atoms with van der Waals surface area (Å²) in [6.45, 7) is 5.63. The maximum Gasteiger partial charge on any atom is 0.353 e. The van der Waals surface area contributed by atoms with Gasteiger partial charge in [-0.2, -0.15) is 5.10 Å². The van der Waals surface area contributed by atoms with Crippen molar-refractivity contribution < 1.29 is 9.66 Å². The van der Waals surface area contributed by atoms with E-state index in [0.29, 0.717) is 18.8 Å². The van der Waals surface area contributed by atoms with E-state index in [1.807, 2.05) is 0 Å². The molecule has 0 spiro atoms. The van der Waals surface area contributed by atoms with E-state index >= 15 is 0 Å². The van der Waals surface area contributed by atoms with Crippen LogP contribution < -0.4 is 10.1 Å². The summed E-state index contributed by atoms with van der Waals surface area (Å²) in [5.41, 5.74) is 0.317. The van der Waals surface area contributed by atoms with E-state index in [1.54, 1.807) is 14.0 Å². The molecule has 1 aromatic rings. The SMILES string of the molecule is CCCNCCOc1c([N+](=O)[O-])c(C)nn1C. The van der Waals surface area contributed by atoms with Gasteiger partial charge in [-0.05, 0) is 19.9 Å². The average Bonchev–Trinajstić information content (AvgIpc) is 2.53. The van der Waals surface area contributed by atoms with Crippen molar-refractivity contribution in [1.29, 1.82) is 0 Å². The van der Waals surface area contributed by atoms with Gasteiger partial charge in [-0.1, -0.05) is 6.92 Å². The van der Waals surface area contributed by atoms with E-state index in [4.69, 9.17) is 4.74 Å². The van der Waals surface area contributed by atoms with Gasteiger partial charge in [0.05, 0.1) is 4.92 Å². The molecule has 0 radical (unpaired) electrons. The van der Waals surface area contributed by atoms with Gasteiger partial charge in [-0.3, -0.25) is 10.1 Å². The largest absolute Gasteiger partial charge is 0.472 e. The highest BCUT2D eigenvalue weighted by molar-refractivity contribution is 5.45. The second-order valence-electron chi connectivity index (χ2n) is 3.72. The second-order valence-corrected chi connectivity index (χ2v) is 3.72. The number of nitrogens with one attached hydrogen (secondary N) is 1. The molecule has 0 aliphatic carbocycles. The first-order valence-corrected chi connectivity index (χ1v) is 5.59. The van der Waals surface area contributed by atoms with E-state index in [9.17, 15) is 10.1 Å². The lowest BCUT2D eigenvalue weighted by Crippen LogP contribution is -2.22. The van der Waals surface area contributed by atoms with Gasteiger partial charge >= 0.3 is 5.69 Å². The highest BCUT2D eigenvalue weighted by Gasteiger charge is 2.25. The van der Waals surface area contributed by atoms with Crippen LogP contribution in [0.3, 0.4) is 0 Å². The smallest absolute Gasteiger partial charge is 0.353 e. The van der Waals surface area contributed by atoms with Crippen LogP contribution in [0.25, 0.3) is 0 Å². The molecular formula is C10H18N4O3. The Morgan fingerprint density at radius 1 is 1.53 bits per heavy atom. The van der Waals surface area contributed by atoms with Gasteiger partial charge in [-0.15, -0.1) is 0 Å². The van der Waals surface area contributed by atoms with Crippen molar-refractivity contribution in [3.63, 3.8) is 0 Å². The first-order chi connectivity index (χ1) is 8.07. The summed E-state index contributed by atoms with van der Waals surface area (Å²) in [4.78, 5) is 10.4. The summed E-state index contributed by atoms with van der Waals surface area (Å²) in [6.07, 6.45) is 1.05. The fourth-order valence-electron chi connectivity index (χ4n) is 1.52. The monoisotopic (exact) mass is 242 g/mol. The molecule has 96 valence electrons. The molecule has 0 unspecified atom stereocenters. The molecule has 0 bridgehead atoms. The highest BCUT2D eigenvalue weighted by Crippen LogP contribution is 2.29. The quantitative estimate of drug-likeness (QED) is 0.438. The third-order valence-corrected chi connectivity index (χ3v) is 2.27. The van der Waals surface area contributed by atoms with Gasteiger partial charge in [0.1, 0.15) is 12.3 Å². The lowest BCUT2D eigenvalue weighted by Gasteiger charge is -2.06. The van der Waals surface area contributed by atoms with Gasteiger partial charge in [0.15, 0.2) is 0 Å². The summed E-state index contributed by atoms with van der Waals surface area (Å²) >= 11 is 0. The molecular weight excluding hydrogens is 224 g/mol. The molecule has 1 N–H and O–H groups in total. The van der Waals surface area contributed by atoms with E-state index < -0.39 is 4.92 Å². The number of ether oxygens (including phenoxy) is 1. The highest BCUT2D eigenvalue weighted by atomic mass is 16.6. The van der Waals surface area contributed by atoms with Gasteiger partial charge in [0.2, 0.25) is 0 Å². The van der Waals surface area contributed by atoms with Gasteiger partial charge in [0.25, 0.3) is 5.88 Å². The van der Waals surface area contributed by atoms with E-state index in [2.05, 4.69) is 17.3 Å². The average molecular weight is 242 g/mol. The van der Waals surface area contributed by atoms with Crippen LogP contribution in [0.4, 0.5) is 5.69 Å². The van der Waals surface area contributed by atoms with Crippen LogP contribution in [0.5, 0.6) is 5.88 Å². The third kappa shape index (κ3) is 3.42. The molecule has 0 aromatic carbocycles. The molecule has 0 aliphatic heterocycles. The van der Waals surface area contributed by atoms with Crippen molar-refractivity contribution in [3.8, 4) is 5.88 Å². The molecule has 0 saturated heterocycles. The van der Waals surface area contributed by atoms with Crippen molar-refractivity contribution in [3.05, 3.63) is 15.8 Å². The fraction of sp³-hybridized carbons (Fsp3) is 0.700. The number of nitrogens with zero attached hydrogens (tertiary/aromatic N) is 3. The standard InChI is InChI=1S/C10H18N4O3/c1-4-5-11-6-7-17-10-9(14(15)16)8(2)12-13(10)3/h11H,4-7H2,1-3H3. The zero-order valence-corrected chi connectivity index (χ0v) is 10.4. The summed E-state index contributed by atoms with van der Waals surface area (Å²) in [6, 6.07) is 0. The van der Waals surface area contributed by atoms with Crippen LogP contribution in [-0.2, 0) is 7.05 Å². The molecule has 0 amide bonds. The minimum absolute atomic E-state index is 0.0528. The maximum absolute atomic E-state index is 10.8. The van der Waals surface area contributed by atoms with Crippen molar-refractivity contribution in [2.45, 2.75) is 20.3 Å². The second kappa shape index (κ2) is 6.19. The van der Waals surface area contributed by atoms with Crippen LogP contribution in [0.2, 0.25) is 0 Å². The number of nitro groups is 1. The summed E-state index contributed by atoms with van der Waals surface area (Å²) in [5, 5.41) is 18.0. The number of hydrogen-bond donors (Lipinski definition) is 1. The van der Waals surface area contributed by atoms with Crippen LogP contribution in [0.1, 0.15) is 19.0 Å². The molecule has 0 fully saturated rings. The van der Waals surface area contributed by atoms with E-state index in [0.717, 1.165) is 13.0 Å². The van der Waals surface area contributed by atoms with Crippen LogP contribution in [0, 0.1) is 17.0 Å². The molecule has 0 aliphatic rings. The Hall–Kier alpha value is -1.63. The zero-order chi connectivity index (χ0) is 12.8. The number of aryl methyl sites for hydroxylation is 2. The van der Waals surface area contributed by atoms with E-state index in [-0.39, 0.29) is 11.6 Å². The minimum Gasteiger partial charge on any atom is -0.472 e. The number of rotatable bonds is 7. The fourth-order valence-corrected chi connectivity index (χ4v) is 1.52. The van der Waals surface area contributed by atoms with Crippen LogP contribution in [-0.4, -0.2) is 34.4 Å². The molecule has 0 saturated carbocycles. The number of hydrogen-bond acceptors (Lipinski definition) is 5. The van der Waals surface area contributed by atoms with Crippen molar-refractivity contribution >= 4 is 5.69 Å². The lowest BCUT2D eigenvalue weighted by atomic mass is 10.4. The zero-order valence-electron chi connectivity index (χ0n) is 10.4. The predicted molar refractivity (Wildman–Crippen MR) is 63.3 cm³/mol. The Kier molecular flexibility index (Phi) is 4.89. The summed E-state index contributed by atoms with van der Waals surface area (Å²) in [7, 11) is 1.63. The first-order valence-electron chi connectivity index (χ1n) is 5.59. The minimum atomic E-state index is -0.461. The Bertz CT molecular complexity index is 389. The molecule has 1 rings (SSSR count). The Morgan fingerprint density at radius 3 is 2.82 bits per heavy atom. The molecule has 7 nitrogen and oxygen atoms in total. The molecule has 1 heterocycles. The molecule has 0 atom stereocenters. The van der Waals surface area contributed by atoms with Crippen LogP contribution >= 0.6 is 0 Å².